The van der Waals surface area contributed by atoms with Gasteiger partial charge in [0.2, 0.25) is 0 Å². The van der Waals surface area contributed by atoms with Gasteiger partial charge in [-0.25, -0.2) is 4.98 Å². The van der Waals surface area contributed by atoms with Crippen molar-refractivity contribution in [2.45, 2.75) is 12.5 Å². The molecule has 0 bridgehead atoms. The lowest BCUT2D eigenvalue weighted by Crippen LogP contribution is -2.22. The van der Waals surface area contributed by atoms with E-state index in [0.717, 1.165) is 0 Å². The SMILES string of the molecule is Nc1ncc(Cl)c(C(F)(F)F)c1OC(F)(F)F. The Labute approximate surface area is 95.1 Å². The van der Waals surface area contributed by atoms with Crippen molar-refractivity contribution in [3.63, 3.8) is 0 Å². The van der Waals surface area contributed by atoms with Crippen LogP contribution < -0.4 is 10.5 Å². The van der Waals surface area contributed by atoms with E-state index in [-0.39, 0.29) is 0 Å². The molecule has 0 amide bonds. The zero-order valence-corrected chi connectivity index (χ0v) is 8.41. The second kappa shape index (κ2) is 4.13. The first-order chi connectivity index (χ1) is 7.52. The van der Waals surface area contributed by atoms with Crippen molar-refractivity contribution in [3.8, 4) is 5.75 Å². The number of nitrogens with two attached hydrogens (primary N) is 1. The minimum absolute atomic E-state index is 0.489. The van der Waals surface area contributed by atoms with Gasteiger partial charge in [0.15, 0.2) is 11.6 Å². The zero-order chi connectivity index (χ0) is 13.4. The highest BCUT2D eigenvalue weighted by molar-refractivity contribution is 6.31. The fraction of sp³-hybridized carbons (Fsp3) is 0.286. The normalized spacial score (nSPS) is 12.6. The summed E-state index contributed by atoms with van der Waals surface area (Å²) in [6.45, 7) is 0. The van der Waals surface area contributed by atoms with E-state index in [1.807, 2.05) is 0 Å². The second-order valence-electron chi connectivity index (χ2n) is 2.74. The number of aromatic nitrogens is 1. The summed E-state index contributed by atoms with van der Waals surface area (Å²) in [5.74, 6) is -2.71. The molecule has 0 unspecified atom stereocenters. The van der Waals surface area contributed by atoms with Crippen LogP contribution >= 0.6 is 11.6 Å². The highest BCUT2D eigenvalue weighted by Crippen LogP contribution is 2.44. The zero-order valence-electron chi connectivity index (χ0n) is 7.66. The van der Waals surface area contributed by atoms with Crippen molar-refractivity contribution in [2.75, 3.05) is 5.73 Å². The quantitative estimate of drug-likeness (QED) is 0.803. The molecule has 3 nitrogen and oxygen atoms in total. The van der Waals surface area contributed by atoms with Gasteiger partial charge in [0.25, 0.3) is 0 Å². The summed E-state index contributed by atoms with van der Waals surface area (Å²) in [4.78, 5) is 3.06. The molecule has 0 aromatic carbocycles. The van der Waals surface area contributed by atoms with Crippen molar-refractivity contribution >= 4 is 17.4 Å². The van der Waals surface area contributed by atoms with Crippen LogP contribution in [0.1, 0.15) is 5.56 Å². The number of rotatable bonds is 1. The maximum absolute atomic E-state index is 12.4. The molecular formula is C7H3ClF6N2O. The summed E-state index contributed by atoms with van der Waals surface area (Å²) < 4.78 is 76.2. The molecule has 0 aliphatic heterocycles. The fourth-order valence-electron chi connectivity index (χ4n) is 0.969. The highest BCUT2D eigenvalue weighted by atomic mass is 35.5. The molecule has 0 aliphatic carbocycles. The number of hydrogen-bond acceptors (Lipinski definition) is 3. The third-order valence-electron chi connectivity index (χ3n) is 1.52. The summed E-state index contributed by atoms with van der Waals surface area (Å²) in [7, 11) is 0. The van der Waals surface area contributed by atoms with E-state index >= 15 is 0 Å². The number of alkyl halides is 6. The van der Waals surface area contributed by atoms with Gasteiger partial charge >= 0.3 is 12.5 Å². The van der Waals surface area contributed by atoms with Gasteiger partial charge in [-0.2, -0.15) is 13.2 Å². The minimum atomic E-state index is -5.33. The first kappa shape index (κ1) is 13.7. The van der Waals surface area contributed by atoms with E-state index in [2.05, 4.69) is 9.72 Å². The van der Waals surface area contributed by atoms with E-state index < -0.39 is 34.7 Å². The molecule has 0 atom stereocenters. The van der Waals surface area contributed by atoms with E-state index in [1.54, 1.807) is 0 Å². The Hall–Kier alpha value is -1.38. The summed E-state index contributed by atoms with van der Waals surface area (Å²) in [6, 6.07) is 0. The van der Waals surface area contributed by atoms with Gasteiger partial charge in [-0.3, -0.25) is 0 Å². The Bertz CT molecular complexity index is 430. The molecule has 17 heavy (non-hydrogen) atoms. The van der Waals surface area contributed by atoms with Crippen LogP contribution in [-0.4, -0.2) is 11.3 Å². The van der Waals surface area contributed by atoms with Crippen molar-refractivity contribution in [2.24, 2.45) is 0 Å². The molecule has 0 saturated carbocycles. The summed E-state index contributed by atoms with van der Waals surface area (Å²) in [5, 5.41) is -1.04. The van der Waals surface area contributed by atoms with Gasteiger partial charge in [0.1, 0.15) is 5.56 Å². The van der Waals surface area contributed by atoms with Crippen LogP contribution in [0.15, 0.2) is 6.20 Å². The third-order valence-corrected chi connectivity index (χ3v) is 1.80. The van der Waals surface area contributed by atoms with E-state index in [0.29, 0.717) is 6.20 Å². The molecule has 1 aromatic heterocycles. The molecule has 1 rings (SSSR count). The number of hydrogen-bond donors (Lipinski definition) is 1. The van der Waals surface area contributed by atoms with Gasteiger partial charge in [-0.05, 0) is 0 Å². The Morgan fingerprint density at radius 3 is 2.12 bits per heavy atom. The average molecular weight is 281 g/mol. The van der Waals surface area contributed by atoms with E-state index in [1.165, 1.54) is 0 Å². The number of nitrogen functional groups attached to an aromatic ring is 1. The molecular weight excluding hydrogens is 278 g/mol. The van der Waals surface area contributed by atoms with Crippen LogP contribution in [-0.2, 0) is 6.18 Å². The number of ether oxygens (including phenoxy) is 1. The molecule has 10 heteroatoms. The first-order valence-electron chi connectivity index (χ1n) is 3.79. The number of halogens is 7. The molecule has 1 aromatic rings. The van der Waals surface area contributed by atoms with Gasteiger partial charge in [0, 0.05) is 6.20 Å². The Morgan fingerprint density at radius 2 is 1.71 bits per heavy atom. The molecule has 0 aliphatic rings. The van der Waals surface area contributed by atoms with E-state index in [4.69, 9.17) is 17.3 Å². The highest BCUT2D eigenvalue weighted by Gasteiger charge is 2.42. The predicted octanol–water partition coefficient (Wildman–Crippen LogP) is 3.23. The maximum Gasteiger partial charge on any atom is 0.573 e. The standard InChI is InChI=1S/C7H3ClF6N2O/c8-2-1-16-5(15)4(17-7(12,13)14)3(2)6(9,10)11/h1H,(H2,15,16). The lowest BCUT2D eigenvalue weighted by Gasteiger charge is -2.17. The fourth-order valence-corrected chi connectivity index (χ4v) is 1.21. The molecule has 0 saturated heterocycles. The smallest absolute Gasteiger partial charge is 0.401 e. The molecule has 96 valence electrons. The number of anilines is 1. The molecule has 1 heterocycles. The summed E-state index contributed by atoms with van der Waals surface area (Å²) >= 11 is 5.13. The van der Waals surface area contributed by atoms with Crippen molar-refractivity contribution in [1.29, 1.82) is 0 Å². The number of nitrogens with zero attached hydrogens (tertiary/aromatic N) is 1. The van der Waals surface area contributed by atoms with Crippen LogP contribution in [0.4, 0.5) is 32.2 Å². The first-order valence-corrected chi connectivity index (χ1v) is 4.17. The average Bonchev–Trinajstić information content (AvgIpc) is 2.06. The largest absolute Gasteiger partial charge is 0.573 e. The predicted molar refractivity (Wildman–Crippen MR) is 45.3 cm³/mol. The Balaban J connectivity index is 3.41. The van der Waals surface area contributed by atoms with Gasteiger partial charge in [0.05, 0.1) is 5.02 Å². The third kappa shape index (κ3) is 3.29. The molecule has 0 spiro atoms. The molecule has 2 N–H and O–H groups in total. The molecule has 0 fully saturated rings. The lowest BCUT2D eigenvalue weighted by molar-refractivity contribution is -0.276. The Morgan fingerprint density at radius 1 is 1.18 bits per heavy atom. The summed E-state index contributed by atoms with van der Waals surface area (Å²) in [6.07, 6.45) is -9.99. The topological polar surface area (TPSA) is 48.1 Å². The van der Waals surface area contributed by atoms with Crippen LogP contribution in [0.3, 0.4) is 0 Å². The van der Waals surface area contributed by atoms with E-state index in [9.17, 15) is 26.3 Å². The summed E-state index contributed by atoms with van der Waals surface area (Å²) in [5.41, 5.74) is 3.08. The second-order valence-corrected chi connectivity index (χ2v) is 3.15. The Kier molecular flexibility index (Phi) is 3.33. The van der Waals surface area contributed by atoms with Gasteiger partial charge in [-0.1, -0.05) is 11.6 Å². The molecule has 0 radical (unpaired) electrons. The van der Waals surface area contributed by atoms with Crippen LogP contribution in [0.25, 0.3) is 0 Å². The monoisotopic (exact) mass is 280 g/mol. The van der Waals surface area contributed by atoms with Crippen LogP contribution in [0.5, 0.6) is 5.75 Å². The van der Waals surface area contributed by atoms with Crippen molar-refractivity contribution in [3.05, 3.63) is 16.8 Å². The van der Waals surface area contributed by atoms with Crippen molar-refractivity contribution < 1.29 is 31.1 Å². The number of pyridine rings is 1. The van der Waals surface area contributed by atoms with Gasteiger partial charge < -0.3 is 10.5 Å². The van der Waals surface area contributed by atoms with Crippen molar-refractivity contribution in [1.82, 2.24) is 4.98 Å². The van der Waals surface area contributed by atoms with Crippen LogP contribution in [0, 0.1) is 0 Å². The van der Waals surface area contributed by atoms with Crippen LogP contribution in [0.2, 0.25) is 5.02 Å². The lowest BCUT2D eigenvalue weighted by atomic mass is 10.2. The maximum atomic E-state index is 12.4. The minimum Gasteiger partial charge on any atom is -0.401 e. The van der Waals surface area contributed by atoms with Gasteiger partial charge in [-0.15, -0.1) is 13.2 Å².